The zero-order valence-electron chi connectivity index (χ0n) is 29.5. The summed E-state index contributed by atoms with van der Waals surface area (Å²) in [6.45, 7) is 15.1. The molecule has 0 unspecified atom stereocenters. The third kappa shape index (κ3) is 3.74. The molecule has 48 heavy (non-hydrogen) atoms. The zero-order valence-corrected chi connectivity index (χ0v) is 29.5. The largest absolute Gasteiger partial charge is 0.462 e. The van der Waals surface area contributed by atoms with E-state index in [4.69, 9.17) is 28.4 Å². The first-order chi connectivity index (χ1) is 22.4. The summed E-state index contributed by atoms with van der Waals surface area (Å²) in [5.41, 5.74) is -1.23. The average Bonchev–Trinajstić information content (AvgIpc) is 3.84. The maximum Gasteiger partial charge on any atom is 0.302 e. The highest BCUT2D eigenvalue weighted by Gasteiger charge is 2.87. The van der Waals surface area contributed by atoms with Crippen molar-refractivity contribution in [2.75, 3.05) is 6.61 Å². The molecule has 9 aliphatic rings. The third-order valence-corrected chi connectivity index (χ3v) is 16.8. The van der Waals surface area contributed by atoms with Crippen molar-refractivity contribution in [2.45, 2.75) is 167 Å². The monoisotopic (exact) mass is 676 g/mol. The van der Waals surface area contributed by atoms with Gasteiger partial charge in [0.05, 0.1) is 18.8 Å². The molecule has 0 aromatic heterocycles. The number of aliphatic hydroxyl groups excluding tert-OH is 4. The molecule has 0 bridgehead atoms. The summed E-state index contributed by atoms with van der Waals surface area (Å²) < 4.78 is 37.9. The summed E-state index contributed by atoms with van der Waals surface area (Å²) in [7, 11) is 0. The third-order valence-electron chi connectivity index (χ3n) is 16.8. The topological polar surface area (TPSA) is 157 Å². The minimum absolute atomic E-state index is 0.0420. The number of epoxide rings is 1. The second-order valence-corrected chi connectivity index (χ2v) is 18.9. The van der Waals surface area contributed by atoms with Crippen LogP contribution in [0, 0.1) is 50.7 Å². The van der Waals surface area contributed by atoms with E-state index in [1.165, 1.54) is 0 Å². The SMILES string of the molecule is CC(=O)O[C@H]1C[C@]23C[C@]24CC[C@@H](O[C@H]2OC[C@H](O)[C@@H](O)[C@@H]2O)C(C)(C)[C@H]4CC[C@@H]3[C@@]2(C)C[C@H]3O[C@@]4(C[C@H](C)[C@H]3[C@]12C)O[C@@H](O)[C@]1(C)O[C@H]41. The van der Waals surface area contributed by atoms with Crippen LogP contribution >= 0.6 is 0 Å². The molecule has 5 saturated carbocycles. The number of esters is 1. The van der Waals surface area contributed by atoms with Gasteiger partial charge in [0.1, 0.15) is 36.1 Å². The van der Waals surface area contributed by atoms with Crippen molar-refractivity contribution in [3.05, 3.63) is 0 Å². The number of carbonyl (C=O) groups is 1. The molecule has 9 rings (SSSR count). The molecule has 5 aliphatic carbocycles. The number of aliphatic hydroxyl groups is 4. The van der Waals surface area contributed by atoms with Crippen molar-refractivity contribution in [2.24, 2.45) is 50.7 Å². The lowest BCUT2D eigenvalue weighted by Gasteiger charge is -2.65. The lowest BCUT2D eigenvalue weighted by atomic mass is 9.41. The maximum atomic E-state index is 12.9. The van der Waals surface area contributed by atoms with Crippen molar-refractivity contribution in [3.63, 3.8) is 0 Å². The van der Waals surface area contributed by atoms with E-state index in [9.17, 15) is 25.2 Å². The van der Waals surface area contributed by atoms with E-state index in [1.807, 2.05) is 6.92 Å². The van der Waals surface area contributed by atoms with Crippen LogP contribution in [-0.4, -0.2) is 99.7 Å². The first kappa shape index (κ1) is 33.0. The average molecular weight is 677 g/mol. The van der Waals surface area contributed by atoms with Gasteiger partial charge >= 0.3 is 5.97 Å². The molecule has 270 valence electrons. The molecule has 11 heteroatoms. The van der Waals surface area contributed by atoms with Gasteiger partial charge in [-0.25, -0.2) is 0 Å². The highest BCUT2D eigenvalue weighted by Crippen LogP contribution is 2.89. The van der Waals surface area contributed by atoms with Crippen molar-refractivity contribution < 1.29 is 53.6 Å². The smallest absolute Gasteiger partial charge is 0.302 e. The van der Waals surface area contributed by atoms with Crippen LogP contribution < -0.4 is 0 Å². The van der Waals surface area contributed by atoms with Crippen LogP contribution in [0.2, 0.25) is 0 Å². The van der Waals surface area contributed by atoms with Gasteiger partial charge in [-0.3, -0.25) is 4.79 Å². The second-order valence-electron chi connectivity index (χ2n) is 18.9. The highest BCUT2D eigenvalue weighted by molar-refractivity contribution is 5.66. The van der Waals surface area contributed by atoms with Gasteiger partial charge in [0, 0.05) is 18.8 Å². The van der Waals surface area contributed by atoms with E-state index in [-0.39, 0.29) is 75.9 Å². The van der Waals surface area contributed by atoms with Gasteiger partial charge in [0.25, 0.3) is 0 Å². The Kier molecular flexibility index (Phi) is 6.70. The number of ether oxygens (including phenoxy) is 6. The first-order valence-corrected chi connectivity index (χ1v) is 18.6. The summed E-state index contributed by atoms with van der Waals surface area (Å²) in [6, 6.07) is 0. The van der Waals surface area contributed by atoms with Gasteiger partial charge < -0.3 is 48.8 Å². The molecule has 4 aliphatic heterocycles. The Hall–Kier alpha value is -0.890. The van der Waals surface area contributed by atoms with E-state index < -0.39 is 42.3 Å². The van der Waals surface area contributed by atoms with E-state index in [0.717, 1.165) is 44.9 Å². The van der Waals surface area contributed by atoms with Gasteiger partial charge in [-0.1, -0.05) is 34.6 Å². The second kappa shape index (κ2) is 9.75. The van der Waals surface area contributed by atoms with Crippen molar-refractivity contribution in [1.29, 1.82) is 0 Å². The van der Waals surface area contributed by atoms with Crippen LogP contribution in [0.3, 0.4) is 0 Å². The molecule has 0 radical (unpaired) electrons. The number of fused-ring (bicyclic) bond motifs is 6. The lowest BCUT2D eigenvalue weighted by molar-refractivity contribution is -0.346. The normalized spacial score (nSPS) is 63.3. The van der Waals surface area contributed by atoms with Crippen LogP contribution in [0.5, 0.6) is 0 Å². The summed E-state index contributed by atoms with van der Waals surface area (Å²) >= 11 is 0. The molecule has 4 N–H and O–H groups in total. The number of rotatable bonds is 3. The Morgan fingerprint density at radius 2 is 1.56 bits per heavy atom. The van der Waals surface area contributed by atoms with Crippen molar-refractivity contribution >= 4 is 5.97 Å². The van der Waals surface area contributed by atoms with Gasteiger partial charge in [-0.2, -0.15) is 0 Å². The van der Waals surface area contributed by atoms with E-state index in [2.05, 4.69) is 34.6 Å². The number of hydrogen-bond acceptors (Lipinski definition) is 11. The van der Waals surface area contributed by atoms with Crippen molar-refractivity contribution in [3.8, 4) is 0 Å². The molecule has 3 spiro atoms. The van der Waals surface area contributed by atoms with Crippen LogP contribution in [0.4, 0.5) is 0 Å². The Balaban J connectivity index is 1.03. The van der Waals surface area contributed by atoms with Gasteiger partial charge in [-0.15, -0.1) is 0 Å². The fraction of sp³-hybridized carbons (Fsp3) is 0.973. The van der Waals surface area contributed by atoms with Crippen molar-refractivity contribution in [1.82, 2.24) is 0 Å². The van der Waals surface area contributed by atoms with Gasteiger partial charge in [-0.05, 0) is 97.2 Å². The highest BCUT2D eigenvalue weighted by atomic mass is 16.8. The minimum atomic E-state index is -1.31. The number of carbonyl (C=O) groups excluding carboxylic acids is 1. The van der Waals surface area contributed by atoms with Crippen LogP contribution in [0.15, 0.2) is 0 Å². The Morgan fingerprint density at radius 3 is 2.23 bits per heavy atom. The molecule has 4 saturated heterocycles. The summed E-state index contributed by atoms with van der Waals surface area (Å²) in [6.07, 6.45) is 0.880. The molecular formula is C37H56O11. The van der Waals surface area contributed by atoms with E-state index in [1.54, 1.807) is 6.92 Å². The predicted octanol–water partition coefficient (Wildman–Crippen LogP) is 3.03. The fourth-order valence-electron chi connectivity index (χ4n) is 14.6. The molecule has 0 amide bonds. The standard InChI is InChI=1S/C37H56O11/c1-17-12-37(29-34(7,47-29)30(42)48-37)46-20-13-32(5)22-9-8-21-31(3,4)23(45-28-27(41)26(40)19(39)15-43-28)10-11-35(21)16-36(22,35)14-24(44-18(2)38)33(32,6)25(17)20/h17,19-30,39-42H,8-16H2,1-7H3/t17-,19-,20+,21+,22+,23+,24-,25+,26+,27-,28+,29-,30+,32+,33-,34+,35-,36+,37-/m0/s1. The van der Waals surface area contributed by atoms with Crippen LogP contribution in [0.25, 0.3) is 0 Å². The lowest BCUT2D eigenvalue weighted by Crippen LogP contribution is -2.64. The molecule has 0 aromatic carbocycles. The molecule has 4 heterocycles. The summed E-state index contributed by atoms with van der Waals surface area (Å²) in [5, 5.41) is 41.7. The Bertz CT molecular complexity index is 1390. The molecule has 11 nitrogen and oxygen atoms in total. The fourth-order valence-corrected chi connectivity index (χ4v) is 14.6. The van der Waals surface area contributed by atoms with Crippen LogP contribution in [0.1, 0.15) is 99.8 Å². The molecular weight excluding hydrogens is 620 g/mol. The minimum Gasteiger partial charge on any atom is -0.462 e. The quantitative estimate of drug-likeness (QED) is 0.198. The molecule has 0 aromatic rings. The van der Waals surface area contributed by atoms with Gasteiger partial charge in [0.15, 0.2) is 12.6 Å². The number of hydrogen-bond donors (Lipinski definition) is 4. The Morgan fingerprint density at radius 1 is 0.833 bits per heavy atom. The summed E-state index contributed by atoms with van der Waals surface area (Å²) in [5.74, 6) is 0.0295. The maximum absolute atomic E-state index is 12.9. The van der Waals surface area contributed by atoms with E-state index >= 15 is 0 Å². The first-order valence-electron chi connectivity index (χ1n) is 18.6. The Labute approximate surface area is 283 Å². The predicted molar refractivity (Wildman–Crippen MR) is 168 cm³/mol. The summed E-state index contributed by atoms with van der Waals surface area (Å²) in [4.78, 5) is 12.9. The zero-order chi connectivity index (χ0) is 34.2. The molecule has 19 atom stereocenters. The van der Waals surface area contributed by atoms with Gasteiger partial charge in [0.2, 0.25) is 5.79 Å². The van der Waals surface area contributed by atoms with E-state index in [0.29, 0.717) is 18.3 Å². The molecule has 9 fully saturated rings. The van der Waals surface area contributed by atoms with Crippen LogP contribution in [-0.2, 0) is 33.2 Å².